The molecule has 1 aromatic rings. The third-order valence-electron chi connectivity index (χ3n) is 2.12. The number of carbonyl (C=O) groups is 1. The van der Waals surface area contributed by atoms with Gasteiger partial charge in [-0.3, -0.25) is 4.98 Å². The maximum Gasteiger partial charge on any atom is 0.340 e. The van der Waals surface area contributed by atoms with E-state index in [1.807, 2.05) is 19.9 Å². The number of esters is 1. The Kier molecular flexibility index (Phi) is 1.79. The van der Waals surface area contributed by atoms with Crippen molar-refractivity contribution >= 4 is 5.97 Å². The van der Waals surface area contributed by atoms with Crippen molar-refractivity contribution in [2.24, 2.45) is 0 Å². The van der Waals surface area contributed by atoms with Gasteiger partial charge < -0.3 is 4.74 Å². The third kappa shape index (κ3) is 1.41. The van der Waals surface area contributed by atoms with Gasteiger partial charge in [-0.15, -0.1) is 0 Å². The lowest BCUT2D eigenvalue weighted by Gasteiger charge is -2.20. The highest BCUT2D eigenvalue weighted by molar-refractivity contribution is 5.91. The van der Waals surface area contributed by atoms with Gasteiger partial charge in [-0.05, 0) is 26.0 Å². The van der Waals surface area contributed by atoms with E-state index >= 15 is 0 Å². The molecule has 1 aromatic heterocycles. The van der Waals surface area contributed by atoms with E-state index in [1.54, 1.807) is 6.07 Å². The number of nitrogens with zero attached hydrogens (tertiary/aromatic N) is 1. The van der Waals surface area contributed by atoms with Crippen molar-refractivity contribution in [3.63, 3.8) is 0 Å². The van der Waals surface area contributed by atoms with Gasteiger partial charge in [-0.2, -0.15) is 0 Å². The van der Waals surface area contributed by atoms with E-state index in [9.17, 15) is 4.79 Å². The van der Waals surface area contributed by atoms with Crippen LogP contribution in [0, 0.1) is 6.92 Å². The van der Waals surface area contributed by atoms with Crippen LogP contribution in [0.25, 0.3) is 0 Å². The first-order valence-corrected chi connectivity index (χ1v) is 4.34. The highest BCUT2D eigenvalue weighted by Crippen LogP contribution is 2.18. The molecule has 2 rings (SSSR count). The summed E-state index contributed by atoms with van der Waals surface area (Å²) in [5, 5.41) is 0. The molecule has 2 heterocycles. The first-order valence-electron chi connectivity index (χ1n) is 4.34. The topological polar surface area (TPSA) is 39.2 Å². The van der Waals surface area contributed by atoms with E-state index in [0.717, 1.165) is 17.8 Å². The molecule has 0 spiro atoms. The monoisotopic (exact) mass is 177 g/mol. The van der Waals surface area contributed by atoms with Crippen LogP contribution in [0.15, 0.2) is 12.1 Å². The molecule has 0 aliphatic carbocycles. The Morgan fingerprint density at radius 2 is 2.31 bits per heavy atom. The van der Waals surface area contributed by atoms with E-state index in [4.69, 9.17) is 4.74 Å². The minimum absolute atomic E-state index is 0.0469. The Morgan fingerprint density at radius 1 is 1.54 bits per heavy atom. The summed E-state index contributed by atoms with van der Waals surface area (Å²) in [6.45, 7) is 3.80. The van der Waals surface area contributed by atoms with Crippen LogP contribution in [0.1, 0.15) is 28.7 Å². The van der Waals surface area contributed by atoms with Crippen LogP contribution in [-0.2, 0) is 11.2 Å². The average Bonchev–Trinajstić information content (AvgIpc) is 2.02. The molecule has 13 heavy (non-hydrogen) atoms. The smallest absolute Gasteiger partial charge is 0.340 e. The molecular formula is C10H11NO2. The Labute approximate surface area is 76.7 Å². The molecule has 0 fully saturated rings. The van der Waals surface area contributed by atoms with Gasteiger partial charge in [0.1, 0.15) is 6.10 Å². The number of rotatable bonds is 0. The lowest BCUT2D eigenvalue weighted by Crippen LogP contribution is -2.26. The van der Waals surface area contributed by atoms with Crippen molar-refractivity contribution in [3.8, 4) is 0 Å². The molecule has 1 atom stereocenters. The number of pyridine rings is 1. The fourth-order valence-corrected chi connectivity index (χ4v) is 1.51. The van der Waals surface area contributed by atoms with Crippen LogP contribution in [0.3, 0.4) is 0 Å². The van der Waals surface area contributed by atoms with Gasteiger partial charge in [0.05, 0.1) is 11.3 Å². The molecule has 0 aromatic carbocycles. The number of aryl methyl sites for hydroxylation is 1. The second kappa shape index (κ2) is 2.83. The number of hydrogen-bond acceptors (Lipinski definition) is 3. The summed E-state index contributed by atoms with van der Waals surface area (Å²) in [6, 6.07) is 3.61. The third-order valence-corrected chi connectivity index (χ3v) is 2.12. The minimum Gasteiger partial charge on any atom is -0.459 e. The van der Waals surface area contributed by atoms with E-state index < -0.39 is 0 Å². The zero-order valence-corrected chi connectivity index (χ0v) is 7.70. The Bertz CT molecular complexity index is 360. The number of aromatic nitrogens is 1. The van der Waals surface area contributed by atoms with Crippen LogP contribution in [-0.4, -0.2) is 17.1 Å². The predicted molar refractivity (Wildman–Crippen MR) is 47.6 cm³/mol. The summed E-state index contributed by atoms with van der Waals surface area (Å²) in [4.78, 5) is 15.7. The van der Waals surface area contributed by atoms with Crippen molar-refractivity contribution in [1.82, 2.24) is 4.98 Å². The van der Waals surface area contributed by atoms with Gasteiger partial charge in [0, 0.05) is 12.1 Å². The summed E-state index contributed by atoms with van der Waals surface area (Å²) < 4.78 is 5.07. The number of cyclic esters (lactones) is 1. The molecule has 0 bridgehead atoms. The number of ether oxygens (including phenoxy) is 1. The van der Waals surface area contributed by atoms with Gasteiger partial charge in [0.25, 0.3) is 0 Å². The number of carbonyl (C=O) groups excluding carboxylic acids is 1. The molecule has 0 unspecified atom stereocenters. The van der Waals surface area contributed by atoms with Crippen molar-refractivity contribution in [2.75, 3.05) is 0 Å². The van der Waals surface area contributed by atoms with Crippen molar-refractivity contribution in [2.45, 2.75) is 26.4 Å². The second-order valence-corrected chi connectivity index (χ2v) is 3.37. The molecule has 0 saturated heterocycles. The van der Waals surface area contributed by atoms with Crippen molar-refractivity contribution < 1.29 is 9.53 Å². The normalized spacial score (nSPS) is 20.8. The molecule has 0 saturated carbocycles. The van der Waals surface area contributed by atoms with Crippen LogP contribution >= 0.6 is 0 Å². The maximum absolute atomic E-state index is 11.3. The van der Waals surface area contributed by atoms with Crippen molar-refractivity contribution in [3.05, 3.63) is 29.1 Å². The summed E-state index contributed by atoms with van der Waals surface area (Å²) >= 11 is 0. The Hall–Kier alpha value is -1.38. The standard InChI is InChI=1S/C10H11NO2/c1-6-3-4-8-9(11-6)5-7(2)13-10(8)12/h3-4,7H,5H2,1-2H3/t7-/m0/s1. The number of fused-ring (bicyclic) bond motifs is 1. The highest BCUT2D eigenvalue weighted by atomic mass is 16.5. The van der Waals surface area contributed by atoms with Gasteiger partial charge in [0.15, 0.2) is 0 Å². The first kappa shape index (κ1) is 8.23. The Morgan fingerprint density at radius 3 is 3.08 bits per heavy atom. The zero-order valence-electron chi connectivity index (χ0n) is 7.70. The SMILES string of the molecule is Cc1ccc2c(n1)C[C@H](C)OC2=O. The summed E-state index contributed by atoms with van der Waals surface area (Å²) in [5.41, 5.74) is 2.42. The maximum atomic E-state index is 11.3. The van der Waals surface area contributed by atoms with Gasteiger partial charge in [0.2, 0.25) is 0 Å². The summed E-state index contributed by atoms with van der Waals surface area (Å²) in [7, 11) is 0. The fourth-order valence-electron chi connectivity index (χ4n) is 1.51. The van der Waals surface area contributed by atoms with Gasteiger partial charge >= 0.3 is 5.97 Å². The molecule has 1 aliphatic rings. The molecule has 0 radical (unpaired) electrons. The molecule has 1 aliphatic heterocycles. The van der Waals surface area contributed by atoms with Crippen LogP contribution in [0.5, 0.6) is 0 Å². The summed E-state index contributed by atoms with van der Waals surface area (Å²) in [6.07, 6.45) is 0.678. The highest BCUT2D eigenvalue weighted by Gasteiger charge is 2.24. The fraction of sp³-hybridized carbons (Fsp3) is 0.400. The van der Waals surface area contributed by atoms with Crippen molar-refractivity contribution in [1.29, 1.82) is 0 Å². The van der Waals surface area contributed by atoms with Gasteiger partial charge in [-0.1, -0.05) is 0 Å². The molecular weight excluding hydrogens is 166 g/mol. The van der Waals surface area contributed by atoms with Crippen LogP contribution < -0.4 is 0 Å². The largest absolute Gasteiger partial charge is 0.459 e. The zero-order chi connectivity index (χ0) is 9.42. The van der Waals surface area contributed by atoms with Crippen LogP contribution in [0.4, 0.5) is 0 Å². The summed E-state index contributed by atoms with van der Waals surface area (Å²) in [5.74, 6) is -0.249. The first-order chi connectivity index (χ1) is 6.16. The molecule has 3 heteroatoms. The van der Waals surface area contributed by atoms with Crippen LogP contribution in [0.2, 0.25) is 0 Å². The van der Waals surface area contributed by atoms with E-state index in [-0.39, 0.29) is 12.1 Å². The Balaban J connectivity index is 2.49. The lowest BCUT2D eigenvalue weighted by molar-refractivity contribution is 0.0296. The lowest BCUT2D eigenvalue weighted by atomic mass is 10.0. The van der Waals surface area contributed by atoms with Gasteiger partial charge in [-0.25, -0.2) is 4.79 Å². The minimum atomic E-state index is -0.249. The second-order valence-electron chi connectivity index (χ2n) is 3.37. The number of hydrogen-bond donors (Lipinski definition) is 0. The average molecular weight is 177 g/mol. The quantitative estimate of drug-likeness (QED) is 0.563. The van der Waals surface area contributed by atoms with E-state index in [2.05, 4.69) is 4.98 Å². The molecule has 68 valence electrons. The molecule has 3 nitrogen and oxygen atoms in total. The van der Waals surface area contributed by atoms with E-state index in [0.29, 0.717) is 5.56 Å². The molecule has 0 amide bonds. The molecule has 0 N–H and O–H groups in total. The predicted octanol–water partition coefficient (Wildman–Crippen LogP) is 1.49. The van der Waals surface area contributed by atoms with E-state index in [1.165, 1.54) is 0 Å².